The van der Waals surface area contributed by atoms with Crippen molar-refractivity contribution >= 4 is 10.0 Å². The minimum atomic E-state index is -3.24. The molecule has 1 saturated heterocycles. The molecule has 2 fully saturated rings. The molecule has 1 aliphatic carbocycles. The monoisotopic (exact) mass is 309 g/mol. The third-order valence-electron chi connectivity index (χ3n) is 4.41. The van der Waals surface area contributed by atoms with Crippen molar-refractivity contribution in [3.05, 3.63) is 35.9 Å². The van der Waals surface area contributed by atoms with Crippen LogP contribution in [0.15, 0.2) is 30.3 Å². The minimum Gasteiger partial charge on any atom is -0.381 e. The molecular weight excluding hydrogens is 286 g/mol. The molecule has 0 bridgehead atoms. The SMILES string of the molecule is O=S(=O)(N[C@@H](Cc1ccccc1)C1CC1)C1CCOCC1. The van der Waals surface area contributed by atoms with Crippen molar-refractivity contribution in [2.45, 2.75) is 43.4 Å². The van der Waals surface area contributed by atoms with E-state index in [9.17, 15) is 8.42 Å². The zero-order valence-corrected chi connectivity index (χ0v) is 13.0. The van der Waals surface area contributed by atoms with Crippen LogP contribution in [0.25, 0.3) is 0 Å². The number of rotatable bonds is 6. The Balaban J connectivity index is 1.67. The van der Waals surface area contributed by atoms with Crippen molar-refractivity contribution in [2.75, 3.05) is 13.2 Å². The van der Waals surface area contributed by atoms with E-state index in [-0.39, 0.29) is 11.3 Å². The van der Waals surface area contributed by atoms with Crippen LogP contribution in [0.3, 0.4) is 0 Å². The van der Waals surface area contributed by atoms with Crippen molar-refractivity contribution in [2.24, 2.45) is 5.92 Å². The third kappa shape index (κ3) is 4.05. The summed E-state index contributed by atoms with van der Waals surface area (Å²) in [5.74, 6) is 0.500. The Kier molecular flexibility index (Phi) is 4.62. The van der Waals surface area contributed by atoms with E-state index in [1.54, 1.807) is 0 Å². The highest BCUT2D eigenvalue weighted by atomic mass is 32.2. The Bertz CT molecular complexity index is 548. The van der Waals surface area contributed by atoms with Crippen LogP contribution >= 0.6 is 0 Å². The molecule has 1 saturated carbocycles. The molecular formula is C16H23NO3S. The summed E-state index contributed by atoms with van der Waals surface area (Å²) >= 11 is 0. The quantitative estimate of drug-likeness (QED) is 0.875. The van der Waals surface area contributed by atoms with Gasteiger partial charge in [0.05, 0.1) is 5.25 Å². The molecule has 1 N–H and O–H groups in total. The molecule has 0 unspecified atom stereocenters. The zero-order chi connectivity index (χ0) is 14.7. The second-order valence-electron chi connectivity index (χ2n) is 6.11. The average Bonchev–Trinajstić information content (AvgIpc) is 3.33. The summed E-state index contributed by atoms with van der Waals surface area (Å²) in [7, 11) is -3.24. The summed E-state index contributed by atoms with van der Waals surface area (Å²) in [4.78, 5) is 0. The minimum absolute atomic E-state index is 0.0419. The molecule has 1 atom stereocenters. The van der Waals surface area contributed by atoms with Gasteiger partial charge in [-0.3, -0.25) is 0 Å². The Labute approximate surface area is 126 Å². The molecule has 1 aromatic rings. The molecule has 1 heterocycles. The smallest absolute Gasteiger partial charge is 0.214 e. The van der Waals surface area contributed by atoms with Gasteiger partial charge in [-0.05, 0) is 43.6 Å². The molecule has 0 spiro atoms. The Morgan fingerprint density at radius 3 is 2.38 bits per heavy atom. The van der Waals surface area contributed by atoms with Gasteiger partial charge in [0.15, 0.2) is 0 Å². The molecule has 5 heteroatoms. The lowest BCUT2D eigenvalue weighted by molar-refractivity contribution is 0.0980. The number of hydrogen-bond donors (Lipinski definition) is 1. The fraction of sp³-hybridized carbons (Fsp3) is 0.625. The first-order chi connectivity index (χ1) is 10.1. The topological polar surface area (TPSA) is 55.4 Å². The van der Waals surface area contributed by atoms with Gasteiger partial charge in [-0.25, -0.2) is 13.1 Å². The zero-order valence-electron chi connectivity index (χ0n) is 12.2. The number of ether oxygens (including phenoxy) is 1. The molecule has 3 rings (SSSR count). The van der Waals surface area contributed by atoms with E-state index in [4.69, 9.17) is 4.74 Å². The average molecular weight is 309 g/mol. The van der Waals surface area contributed by atoms with E-state index in [1.165, 1.54) is 5.56 Å². The molecule has 21 heavy (non-hydrogen) atoms. The van der Waals surface area contributed by atoms with E-state index in [1.807, 2.05) is 18.2 Å². The van der Waals surface area contributed by atoms with Crippen molar-refractivity contribution in [3.8, 4) is 0 Å². The predicted molar refractivity (Wildman–Crippen MR) is 82.6 cm³/mol. The van der Waals surface area contributed by atoms with Crippen molar-refractivity contribution in [3.63, 3.8) is 0 Å². The van der Waals surface area contributed by atoms with Crippen molar-refractivity contribution < 1.29 is 13.2 Å². The lowest BCUT2D eigenvalue weighted by Gasteiger charge is -2.26. The molecule has 1 aliphatic heterocycles. The number of nitrogens with one attached hydrogen (secondary N) is 1. The van der Waals surface area contributed by atoms with Gasteiger partial charge in [0, 0.05) is 19.3 Å². The van der Waals surface area contributed by atoms with E-state index in [2.05, 4.69) is 16.9 Å². The second-order valence-corrected chi connectivity index (χ2v) is 8.10. The normalized spacial score (nSPS) is 22.1. The molecule has 0 radical (unpaired) electrons. The van der Waals surface area contributed by atoms with Gasteiger partial charge >= 0.3 is 0 Å². The summed E-state index contributed by atoms with van der Waals surface area (Å²) in [6, 6.07) is 10.2. The summed E-state index contributed by atoms with van der Waals surface area (Å²) < 4.78 is 33.4. The maximum atomic E-state index is 12.6. The van der Waals surface area contributed by atoms with Gasteiger partial charge in [0.2, 0.25) is 10.0 Å². The van der Waals surface area contributed by atoms with Crippen LogP contribution in [-0.4, -0.2) is 32.9 Å². The Morgan fingerprint density at radius 1 is 1.10 bits per heavy atom. The van der Waals surface area contributed by atoms with E-state index < -0.39 is 10.0 Å². The first-order valence-electron chi connectivity index (χ1n) is 7.78. The highest BCUT2D eigenvalue weighted by Crippen LogP contribution is 2.35. The number of sulfonamides is 1. The maximum Gasteiger partial charge on any atom is 0.214 e. The molecule has 0 aromatic heterocycles. The standard InChI is InChI=1S/C16H23NO3S/c18-21(19,15-8-10-20-11-9-15)17-16(14-6-7-14)12-13-4-2-1-3-5-13/h1-5,14-17H,6-12H2/t16-/m0/s1. The van der Waals surface area contributed by atoms with Crippen LogP contribution in [0.2, 0.25) is 0 Å². The molecule has 1 aromatic carbocycles. The third-order valence-corrected chi connectivity index (χ3v) is 6.39. The lowest BCUT2D eigenvalue weighted by atomic mass is 10.0. The van der Waals surface area contributed by atoms with Crippen LogP contribution in [0.4, 0.5) is 0 Å². The van der Waals surface area contributed by atoms with Gasteiger partial charge < -0.3 is 4.74 Å². The Hall–Kier alpha value is -0.910. The summed E-state index contributed by atoms with van der Waals surface area (Å²) in [6.45, 7) is 1.11. The van der Waals surface area contributed by atoms with Crippen molar-refractivity contribution in [1.82, 2.24) is 4.72 Å². The van der Waals surface area contributed by atoms with Crippen molar-refractivity contribution in [1.29, 1.82) is 0 Å². The number of hydrogen-bond acceptors (Lipinski definition) is 3. The molecule has 116 valence electrons. The highest BCUT2D eigenvalue weighted by Gasteiger charge is 2.36. The van der Waals surface area contributed by atoms with Crippen LogP contribution < -0.4 is 4.72 Å². The molecule has 4 nitrogen and oxygen atoms in total. The largest absolute Gasteiger partial charge is 0.381 e. The second kappa shape index (κ2) is 6.46. The Morgan fingerprint density at radius 2 is 1.76 bits per heavy atom. The maximum absolute atomic E-state index is 12.6. The van der Waals surface area contributed by atoms with Gasteiger partial charge in [-0.15, -0.1) is 0 Å². The summed E-state index contributed by atoms with van der Waals surface area (Å²) in [6.07, 6.45) is 4.27. The molecule has 2 aliphatic rings. The summed E-state index contributed by atoms with van der Waals surface area (Å²) in [5, 5.41) is -0.289. The fourth-order valence-electron chi connectivity index (χ4n) is 2.96. The number of benzene rings is 1. The van der Waals surface area contributed by atoms with Crippen LogP contribution in [0, 0.1) is 5.92 Å². The van der Waals surface area contributed by atoms with Crippen LogP contribution in [0.1, 0.15) is 31.2 Å². The van der Waals surface area contributed by atoms with E-state index in [0.29, 0.717) is 32.0 Å². The highest BCUT2D eigenvalue weighted by molar-refractivity contribution is 7.90. The van der Waals surface area contributed by atoms with Gasteiger partial charge in [0.1, 0.15) is 0 Å². The summed E-state index contributed by atoms with van der Waals surface area (Å²) in [5.41, 5.74) is 1.20. The van der Waals surface area contributed by atoms with Crippen LogP contribution in [-0.2, 0) is 21.2 Å². The first-order valence-corrected chi connectivity index (χ1v) is 9.32. The lowest BCUT2D eigenvalue weighted by Crippen LogP contribution is -2.45. The molecule has 0 amide bonds. The van der Waals surface area contributed by atoms with Gasteiger partial charge in [-0.1, -0.05) is 30.3 Å². The van der Waals surface area contributed by atoms with Gasteiger partial charge in [0.25, 0.3) is 0 Å². The van der Waals surface area contributed by atoms with Gasteiger partial charge in [-0.2, -0.15) is 0 Å². The predicted octanol–water partition coefficient (Wildman–Crippen LogP) is 2.11. The van der Waals surface area contributed by atoms with E-state index in [0.717, 1.165) is 19.3 Å². The van der Waals surface area contributed by atoms with E-state index >= 15 is 0 Å². The first kappa shape index (κ1) is 15.0. The van der Waals surface area contributed by atoms with Crippen LogP contribution in [0.5, 0.6) is 0 Å². The fourth-order valence-corrected chi connectivity index (χ4v) is 4.67.